The number of carbonyl (C=O) groups is 1. The van der Waals surface area contributed by atoms with Crippen molar-refractivity contribution in [2.24, 2.45) is 0 Å². The Bertz CT molecular complexity index is 613. The van der Waals surface area contributed by atoms with Crippen molar-refractivity contribution in [1.29, 1.82) is 0 Å². The van der Waals surface area contributed by atoms with E-state index < -0.39 is 9.84 Å². The van der Waals surface area contributed by atoms with Gasteiger partial charge in [0.1, 0.15) is 5.76 Å². The van der Waals surface area contributed by atoms with Gasteiger partial charge in [0.25, 0.3) is 0 Å². The maximum absolute atomic E-state index is 11.7. The van der Waals surface area contributed by atoms with Gasteiger partial charge in [-0.25, -0.2) is 8.42 Å². The first-order valence-corrected chi connectivity index (χ1v) is 9.21. The summed E-state index contributed by atoms with van der Waals surface area (Å²) in [6.07, 6.45) is 2.31. The molecule has 0 radical (unpaired) electrons. The number of rotatable bonds is 6. The molecule has 9 heteroatoms. The standard InChI is InChI=1S/C13H19N3O4S2/c17-12(16-10-4-7-22(18,19)9-10)3-5-14-13(21)15-8-11-2-1-6-20-11/h1-2,6,10H,3-5,7-9H2,(H,16,17)(H2,14,15,21). The smallest absolute Gasteiger partial charge is 0.222 e. The van der Waals surface area contributed by atoms with Crippen LogP contribution in [0.25, 0.3) is 0 Å². The molecule has 0 aliphatic carbocycles. The molecule has 0 bridgehead atoms. The van der Waals surface area contributed by atoms with Gasteiger partial charge in [-0.1, -0.05) is 0 Å². The third-order valence-corrected chi connectivity index (χ3v) is 5.30. The lowest BCUT2D eigenvalue weighted by Crippen LogP contribution is -2.39. The Morgan fingerprint density at radius 2 is 2.23 bits per heavy atom. The molecule has 1 aromatic rings. The number of amides is 1. The molecule has 22 heavy (non-hydrogen) atoms. The lowest BCUT2D eigenvalue weighted by molar-refractivity contribution is -0.121. The molecule has 1 unspecified atom stereocenters. The van der Waals surface area contributed by atoms with E-state index in [0.717, 1.165) is 5.76 Å². The highest BCUT2D eigenvalue weighted by Crippen LogP contribution is 2.11. The maximum Gasteiger partial charge on any atom is 0.222 e. The van der Waals surface area contributed by atoms with Crippen LogP contribution in [0.5, 0.6) is 0 Å². The first kappa shape index (κ1) is 16.8. The van der Waals surface area contributed by atoms with Crippen molar-refractivity contribution < 1.29 is 17.6 Å². The lowest BCUT2D eigenvalue weighted by atomic mass is 10.2. The largest absolute Gasteiger partial charge is 0.467 e. The molecule has 7 nitrogen and oxygen atoms in total. The molecule has 1 aromatic heterocycles. The first-order chi connectivity index (χ1) is 10.4. The van der Waals surface area contributed by atoms with Crippen molar-refractivity contribution in [2.75, 3.05) is 18.1 Å². The van der Waals surface area contributed by atoms with E-state index >= 15 is 0 Å². The number of thiocarbonyl (C=S) groups is 1. The van der Waals surface area contributed by atoms with E-state index in [1.54, 1.807) is 12.3 Å². The Hall–Kier alpha value is -1.61. The summed E-state index contributed by atoms with van der Waals surface area (Å²) in [5, 5.41) is 9.04. The summed E-state index contributed by atoms with van der Waals surface area (Å²) < 4.78 is 27.8. The average Bonchev–Trinajstić information content (AvgIpc) is 3.06. The van der Waals surface area contributed by atoms with E-state index in [-0.39, 0.29) is 29.9 Å². The Morgan fingerprint density at radius 3 is 2.86 bits per heavy atom. The van der Waals surface area contributed by atoms with E-state index in [0.29, 0.717) is 24.6 Å². The SMILES string of the molecule is O=C(CCNC(=S)NCc1ccco1)NC1CCS(=O)(=O)C1. The second-order valence-corrected chi connectivity index (χ2v) is 7.74. The molecule has 2 heterocycles. The molecule has 1 aliphatic heterocycles. The minimum Gasteiger partial charge on any atom is -0.467 e. The monoisotopic (exact) mass is 345 g/mol. The highest BCUT2D eigenvalue weighted by Gasteiger charge is 2.28. The molecule has 1 amide bonds. The first-order valence-electron chi connectivity index (χ1n) is 6.98. The summed E-state index contributed by atoms with van der Waals surface area (Å²) in [6, 6.07) is 3.36. The van der Waals surface area contributed by atoms with Crippen molar-refractivity contribution >= 4 is 33.1 Å². The van der Waals surface area contributed by atoms with Gasteiger partial charge in [0, 0.05) is 19.0 Å². The number of hydrogen-bond acceptors (Lipinski definition) is 5. The zero-order valence-electron chi connectivity index (χ0n) is 12.0. The second-order valence-electron chi connectivity index (χ2n) is 5.11. The molecule has 0 aromatic carbocycles. The van der Waals surface area contributed by atoms with Crippen LogP contribution < -0.4 is 16.0 Å². The maximum atomic E-state index is 11.7. The number of sulfone groups is 1. The summed E-state index contributed by atoms with van der Waals surface area (Å²) in [5.41, 5.74) is 0. The van der Waals surface area contributed by atoms with Gasteiger partial charge < -0.3 is 20.4 Å². The third kappa shape index (κ3) is 5.64. The van der Waals surface area contributed by atoms with Gasteiger partial charge in [-0.15, -0.1) is 0 Å². The quantitative estimate of drug-likeness (QED) is 0.621. The van der Waals surface area contributed by atoms with Gasteiger partial charge >= 0.3 is 0 Å². The van der Waals surface area contributed by atoms with E-state index in [9.17, 15) is 13.2 Å². The van der Waals surface area contributed by atoms with E-state index in [2.05, 4.69) is 16.0 Å². The van der Waals surface area contributed by atoms with Crippen molar-refractivity contribution in [1.82, 2.24) is 16.0 Å². The molecule has 1 aliphatic rings. The van der Waals surface area contributed by atoms with E-state index in [1.165, 1.54) is 0 Å². The molecular weight excluding hydrogens is 326 g/mol. The Morgan fingerprint density at radius 1 is 1.41 bits per heavy atom. The van der Waals surface area contributed by atoms with Crippen LogP contribution in [0.1, 0.15) is 18.6 Å². The highest BCUT2D eigenvalue weighted by molar-refractivity contribution is 7.91. The highest BCUT2D eigenvalue weighted by atomic mass is 32.2. The number of hydrogen-bond donors (Lipinski definition) is 3. The van der Waals surface area contributed by atoms with Crippen molar-refractivity contribution in [3.8, 4) is 0 Å². The van der Waals surface area contributed by atoms with Crippen LogP contribution >= 0.6 is 12.2 Å². The van der Waals surface area contributed by atoms with Crippen LogP contribution in [0.4, 0.5) is 0 Å². The molecule has 1 atom stereocenters. The van der Waals surface area contributed by atoms with Crippen molar-refractivity contribution in [2.45, 2.75) is 25.4 Å². The van der Waals surface area contributed by atoms with Gasteiger partial charge in [0.05, 0.1) is 24.3 Å². The molecule has 0 spiro atoms. The Balaban J connectivity index is 1.57. The van der Waals surface area contributed by atoms with Crippen molar-refractivity contribution in [3.63, 3.8) is 0 Å². The van der Waals surface area contributed by atoms with Gasteiger partial charge in [-0.05, 0) is 30.8 Å². The van der Waals surface area contributed by atoms with Crippen LogP contribution in [0, 0.1) is 0 Å². The molecule has 2 rings (SSSR count). The summed E-state index contributed by atoms with van der Waals surface area (Å²) in [7, 11) is -2.97. The molecule has 1 fully saturated rings. The number of nitrogens with one attached hydrogen (secondary N) is 3. The number of carbonyl (C=O) groups excluding carboxylic acids is 1. The topological polar surface area (TPSA) is 100 Å². The van der Waals surface area contributed by atoms with Gasteiger partial charge in [-0.3, -0.25) is 4.79 Å². The van der Waals surface area contributed by atoms with E-state index in [4.69, 9.17) is 16.6 Å². The Labute approximate surface area is 134 Å². The van der Waals surface area contributed by atoms with Gasteiger partial charge in [0.2, 0.25) is 5.91 Å². The predicted molar refractivity (Wildman–Crippen MR) is 86.0 cm³/mol. The fourth-order valence-electron chi connectivity index (χ4n) is 2.14. The molecule has 1 saturated heterocycles. The third-order valence-electron chi connectivity index (χ3n) is 3.24. The van der Waals surface area contributed by atoms with Crippen LogP contribution in [0.15, 0.2) is 22.8 Å². The minimum atomic E-state index is -2.97. The summed E-state index contributed by atoms with van der Waals surface area (Å²) in [4.78, 5) is 11.7. The van der Waals surface area contributed by atoms with Gasteiger partial charge in [-0.2, -0.15) is 0 Å². The second kappa shape index (κ2) is 7.59. The van der Waals surface area contributed by atoms with Gasteiger partial charge in [0.15, 0.2) is 14.9 Å². The fourth-order valence-corrected chi connectivity index (χ4v) is 3.99. The van der Waals surface area contributed by atoms with Crippen LogP contribution in [-0.4, -0.2) is 43.5 Å². The summed E-state index contributed by atoms with van der Waals surface area (Å²) >= 11 is 5.08. The molecular formula is C13H19N3O4S2. The zero-order chi connectivity index (χ0) is 16.0. The summed E-state index contributed by atoms with van der Waals surface area (Å²) in [6.45, 7) is 0.861. The average molecular weight is 345 g/mol. The normalized spacial score (nSPS) is 19.5. The van der Waals surface area contributed by atoms with Crippen LogP contribution in [0.3, 0.4) is 0 Å². The number of furan rings is 1. The molecule has 3 N–H and O–H groups in total. The van der Waals surface area contributed by atoms with Crippen LogP contribution in [-0.2, 0) is 21.2 Å². The molecule has 122 valence electrons. The Kier molecular flexibility index (Phi) is 5.78. The fraction of sp³-hybridized carbons (Fsp3) is 0.538. The lowest BCUT2D eigenvalue weighted by Gasteiger charge is -2.12. The summed E-state index contributed by atoms with van der Waals surface area (Å²) in [5.74, 6) is 0.777. The van der Waals surface area contributed by atoms with E-state index in [1.807, 2.05) is 6.07 Å². The predicted octanol–water partition coefficient (Wildman–Crippen LogP) is -0.0629. The van der Waals surface area contributed by atoms with Crippen molar-refractivity contribution in [3.05, 3.63) is 24.2 Å². The minimum absolute atomic E-state index is 0.0370. The van der Waals surface area contributed by atoms with Crippen LogP contribution in [0.2, 0.25) is 0 Å². The molecule has 0 saturated carbocycles. The zero-order valence-corrected chi connectivity index (χ0v) is 13.6.